The van der Waals surface area contributed by atoms with Gasteiger partial charge in [0.25, 0.3) is 5.91 Å². The number of nitrogens with one attached hydrogen (secondary N) is 2. The van der Waals surface area contributed by atoms with Gasteiger partial charge in [-0.1, -0.05) is 12.1 Å². The molecule has 1 unspecified atom stereocenters. The average molecular weight is 340 g/mol. The first-order valence-corrected chi connectivity index (χ1v) is 7.73. The minimum absolute atomic E-state index is 0.171. The first-order valence-electron chi connectivity index (χ1n) is 7.73. The molecule has 8 heteroatoms. The van der Waals surface area contributed by atoms with Gasteiger partial charge in [-0.25, -0.2) is 14.4 Å². The van der Waals surface area contributed by atoms with E-state index in [2.05, 4.69) is 25.7 Å². The maximum Gasteiger partial charge on any atom is 0.255 e. The van der Waals surface area contributed by atoms with Gasteiger partial charge in [-0.3, -0.25) is 9.48 Å². The van der Waals surface area contributed by atoms with E-state index in [1.54, 1.807) is 47.5 Å². The van der Waals surface area contributed by atoms with Crippen LogP contribution in [0.3, 0.4) is 0 Å². The Bertz CT molecular complexity index is 852. The second-order valence-corrected chi connectivity index (χ2v) is 5.50. The summed E-state index contributed by atoms with van der Waals surface area (Å²) in [6, 6.07) is 9.34. The predicted molar refractivity (Wildman–Crippen MR) is 90.9 cm³/mol. The van der Waals surface area contributed by atoms with Crippen molar-refractivity contribution >= 4 is 17.4 Å². The molecule has 1 aromatic carbocycles. The topological polar surface area (TPSA) is 84.7 Å². The fourth-order valence-electron chi connectivity index (χ4n) is 2.33. The molecule has 0 saturated heterocycles. The Kier molecular flexibility index (Phi) is 4.98. The molecule has 3 aromatic rings. The zero-order chi connectivity index (χ0) is 17.6. The van der Waals surface area contributed by atoms with Crippen molar-refractivity contribution in [3.8, 4) is 0 Å². The van der Waals surface area contributed by atoms with Gasteiger partial charge < -0.3 is 10.6 Å². The first-order chi connectivity index (χ1) is 12.1. The fourth-order valence-corrected chi connectivity index (χ4v) is 2.33. The van der Waals surface area contributed by atoms with E-state index in [1.807, 2.05) is 6.92 Å². The van der Waals surface area contributed by atoms with Crippen LogP contribution in [0.5, 0.6) is 0 Å². The van der Waals surface area contributed by atoms with Gasteiger partial charge in [0.1, 0.15) is 24.3 Å². The van der Waals surface area contributed by atoms with Crippen LogP contribution in [0.15, 0.2) is 55.2 Å². The smallest absolute Gasteiger partial charge is 0.255 e. The van der Waals surface area contributed by atoms with E-state index in [0.717, 1.165) is 0 Å². The van der Waals surface area contributed by atoms with Crippen LogP contribution in [-0.2, 0) is 6.54 Å². The standard InChI is InChI=1S/C17H17FN6O/c1-12(9-24-11-19-10-21-24)22-17(25)13-5-4-8-20-16(13)23-15-7-3-2-6-14(15)18/h2-8,10-12H,9H2,1H3,(H,20,23)(H,22,25). The van der Waals surface area contributed by atoms with Crippen molar-refractivity contribution in [2.45, 2.75) is 19.5 Å². The summed E-state index contributed by atoms with van der Waals surface area (Å²) in [5.74, 6) is -0.434. The lowest BCUT2D eigenvalue weighted by Gasteiger charge is -2.16. The Morgan fingerprint density at radius 2 is 2.12 bits per heavy atom. The van der Waals surface area contributed by atoms with Crippen molar-refractivity contribution in [2.75, 3.05) is 5.32 Å². The molecule has 0 radical (unpaired) electrons. The minimum Gasteiger partial charge on any atom is -0.348 e. The molecule has 7 nitrogen and oxygen atoms in total. The Balaban J connectivity index is 1.73. The number of pyridine rings is 1. The number of hydrogen-bond acceptors (Lipinski definition) is 5. The van der Waals surface area contributed by atoms with E-state index in [4.69, 9.17) is 0 Å². The normalized spacial score (nSPS) is 11.8. The number of para-hydroxylation sites is 1. The van der Waals surface area contributed by atoms with Gasteiger partial charge in [0.15, 0.2) is 0 Å². The number of benzene rings is 1. The molecule has 0 aliphatic heterocycles. The highest BCUT2D eigenvalue weighted by Gasteiger charge is 2.16. The first kappa shape index (κ1) is 16.6. The third kappa shape index (κ3) is 4.17. The zero-order valence-electron chi connectivity index (χ0n) is 13.6. The number of hydrogen-bond donors (Lipinski definition) is 2. The van der Waals surface area contributed by atoms with Gasteiger partial charge >= 0.3 is 0 Å². The van der Waals surface area contributed by atoms with Gasteiger partial charge in [0.05, 0.1) is 17.8 Å². The molecule has 2 N–H and O–H groups in total. The summed E-state index contributed by atoms with van der Waals surface area (Å²) in [7, 11) is 0. The second kappa shape index (κ2) is 7.52. The Labute approximate surface area is 143 Å². The summed E-state index contributed by atoms with van der Waals surface area (Å²) < 4.78 is 15.5. The summed E-state index contributed by atoms with van der Waals surface area (Å²) >= 11 is 0. The number of rotatable bonds is 6. The van der Waals surface area contributed by atoms with Crippen molar-refractivity contribution in [1.82, 2.24) is 25.1 Å². The third-order valence-electron chi connectivity index (χ3n) is 3.48. The lowest BCUT2D eigenvalue weighted by Crippen LogP contribution is -2.36. The number of nitrogens with zero attached hydrogens (tertiary/aromatic N) is 4. The van der Waals surface area contributed by atoms with Crippen LogP contribution in [0.1, 0.15) is 17.3 Å². The van der Waals surface area contributed by atoms with E-state index < -0.39 is 5.82 Å². The highest BCUT2D eigenvalue weighted by molar-refractivity contribution is 5.99. The summed E-state index contributed by atoms with van der Waals surface area (Å²) in [5.41, 5.74) is 0.585. The molecule has 0 saturated carbocycles. The molecule has 3 rings (SSSR count). The van der Waals surface area contributed by atoms with Gasteiger partial charge in [-0.2, -0.15) is 5.10 Å². The summed E-state index contributed by atoms with van der Waals surface area (Å²) in [4.78, 5) is 20.6. The van der Waals surface area contributed by atoms with Crippen LogP contribution in [0, 0.1) is 5.82 Å². The minimum atomic E-state index is -0.418. The molecular formula is C17H17FN6O. The van der Waals surface area contributed by atoms with Crippen LogP contribution in [0.25, 0.3) is 0 Å². The predicted octanol–water partition coefficient (Wildman–Crippen LogP) is 2.37. The molecule has 0 fully saturated rings. The average Bonchev–Trinajstić information content (AvgIpc) is 3.10. The van der Waals surface area contributed by atoms with E-state index in [9.17, 15) is 9.18 Å². The molecule has 128 valence electrons. The quantitative estimate of drug-likeness (QED) is 0.720. The van der Waals surface area contributed by atoms with Crippen molar-refractivity contribution in [3.05, 3.63) is 66.6 Å². The van der Waals surface area contributed by atoms with Crippen LogP contribution in [0.4, 0.5) is 15.9 Å². The Hall–Kier alpha value is -3.29. The molecule has 0 aliphatic rings. The summed E-state index contributed by atoms with van der Waals surface area (Å²) in [6.07, 6.45) is 4.56. The third-order valence-corrected chi connectivity index (χ3v) is 3.48. The van der Waals surface area contributed by atoms with Crippen molar-refractivity contribution < 1.29 is 9.18 Å². The highest BCUT2D eigenvalue weighted by Crippen LogP contribution is 2.20. The number of aromatic nitrogens is 4. The largest absolute Gasteiger partial charge is 0.348 e. The molecular weight excluding hydrogens is 323 g/mol. The molecule has 0 aliphatic carbocycles. The van der Waals surface area contributed by atoms with E-state index in [-0.39, 0.29) is 23.5 Å². The van der Waals surface area contributed by atoms with Crippen molar-refractivity contribution in [3.63, 3.8) is 0 Å². The van der Waals surface area contributed by atoms with Gasteiger partial charge in [0.2, 0.25) is 0 Å². The van der Waals surface area contributed by atoms with Crippen molar-refractivity contribution in [2.24, 2.45) is 0 Å². The number of halogens is 1. The molecule has 1 amide bonds. The molecule has 1 atom stereocenters. The summed E-state index contributed by atoms with van der Waals surface area (Å²) in [6.45, 7) is 2.35. The molecule has 25 heavy (non-hydrogen) atoms. The lowest BCUT2D eigenvalue weighted by molar-refractivity contribution is 0.0936. The van der Waals surface area contributed by atoms with E-state index in [1.165, 1.54) is 12.4 Å². The van der Waals surface area contributed by atoms with Crippen LogP contribution in [-0.4, -0.2) is 31.7 Å². The molecule has 2 heterocycles. The van der Waals surface area contributed by atoms with E-state index >= 15 is 0 Å². The lowest BCUT2D eigenvalue weighted by atomic mass is 10.2. The highest BCUT2D eigenvalue weighted by atomic mass is 19.1. The van der Waals surface area contributed by atoms with Gasteiger partial charge in [-0.05, 0) is 31.2 Å². The Morgan fingerprint density at radius 3 is 2.88 bits per heavy atom. The maximum absolute atomic E-state index is 13.8. The SMILES string of the molecule is CC(Cn1cncn1)NC(=O)c1cccnc1Nc1ccccc1F. The number of amides is 1. The van der Waals surface area contributed by atoms with Gasteiger partial charge in [-0.15, -0.1) is 0 Å². The van der Waals surface area contributed by atoms with E-state index in [0.29, 0.717) is 12.1 Å². The van der Waals surface area contributed by atoms with Crippen LogP contribution in [0.2, 0.25) is 0 Å². The number of carbonyl (C=O) groups excluding carboxylic acids is 1. The Morgan fingerprint density at radius 1 is 1.28 bits per heavy atom. The maximum atomic E-state index is 13.8. The van der Waals surface area contributed by atoms with Crippen LogP contribution < -0.4 is 10.6 Å². The van der Waals surface area contributed by atoms with Crippen LogP contribution >= 0.6 is 0 Å². The zero-order valence-corrected chi connectivity index (χ0v) is 13.6. The molecule has 0 spiro atoms. The molecule has 0 bridgehead atoms. The monoisotopic (exact) mass is 340 g/mol. The molecule has 2 aromatic heterocycles. The number of anilines is 2. The summed E-state index contributed by atoms with van der Waals surface area (Å²) in [5, 5.41) is 9.75. The van der Waals surface area contributed by atoms with Gasteiger partial charge in [0, 0.05) is 12.2 Å². The second-order valence-electron chi connectivity index (χ2n) is 5.50. The fraction of sp³-hybridized carbons (Fsp3) is 0.176. The van der Waals surface area contributed by atoms with Crippen molar-refractivity contribution in [1.29, 1.82) is 0 Å². The number of carbonyl (C=O) groups is 1.